The van der Waals surface area contributed by atoms with Crippen LogP contribution < -0.4 is 0 Å². The van der Waals surface area contributed by atoms with Crippen molar-refractivity contribution in [3.8, 4) is 0 Å². The van der Waals surface area contributed by atoms with Gasteiger partial charge in [0.25, 0.3) is 0 Å². The number of esters is 1. The van der Waals surface area contributed by atoms with Crippen molar-refractivity contribution in [3.63, 3.8) is 0 Å². The van der Waals surface area contributed by atoms with Crippen LogP contribution in [0, 0.1) is 13.8 Å². The van der Waals surface area contributed by atoms with Crippen LogP contribution in [-0.2, 0) is 11.3 Å². The van der Waals surface area contributed by atoms with Gasteiger partial charge in [-0.05, 0) is 31.4 Å². The molecule has 3 aromatic rings. The second-order valence-electron chi connectivity index (χ2n) is 5.82. The lowest BCUT2D eigenvalue weighted by Crippen LogP contribution is -2.15. The molecule has 0 atom stereocenters. The van der Waals surface area contributed by atoms with Gasteiger partial charge in [0.2, 0.25) is 0 Å². The molecular weight excluding hydrogens is 334 g/mol. The Balaban J connectivity index is 1.69. The third-order valence-corrected chi connectivity index (χ3v) is 4.98. The number of thiophene rings is 1. The van der Waals surface area contributed by atoms with Crippen LogP contribution >= 0.6 is 11.3 Å². The van der Waals surface area contributed by atoms with E-state index in [1.165, 1.54) is 4.88 Å². The normalized spacial score (nSPS) is 10.6. The fraction of sp³-hybridized carbons (Fsp3) is 0.200. The Kier molecular flexibility index (Phi) is 5.14. The number of hydrogen-bond donors (Lipinski definition) is 0. The second kappa shape index (κ2) is 7.49. The number of hydrogen-bond acceptors (Lipinski definition) is 4. The van der Waals surface area contributed by atoms with Gasteiger partial charge in [-0.1, -0.05) is 36.4 Å². The molecule has 0 radical (unpaired) electrons. The molecule has 2 aromatic heterocycles. The molecule has 4 nitrogen and oxygen atoms in total. The summed E-state index contributed by atoms with van der Waals surface area (Å²) in [6.07, 6.45) is 0. The standard InChI is InChI=1S/C20H19NO3S/c1-14-11-18(15(2)21(14)12-17-9-6-10-25-17)20(23)24-13-19(22)16-7-4-3-5-8-16/h3-11H,12-13H2,1-2H3. The maximum Gasteiger partial charge on any atom is 0.340 e. The van der Waals surface area contributed by atoms with Crippen LogP contribution in [-0.4, -0.2) is 22.9 Å². The molecule has 0 fully saturated rings. The van der Waals surface area contributed by atoms with Crippen molar-refractivity contribution < 1.29 is 14.3 Å². The summed E-state index contributed by atoms with van der Waals surface area (Å²) in [7, 11) is 0. The van der Waals surface area contributed by atoms with Crippen LogP contribution in [0.15, 0.2) is 53.9 Å². The molecular formula is C20H19NO3S. The number of benzene rings is 1. The molecule has 0 spiro atoms. The van der Waals surface area contributed by atoms with E-state index in [-0.39, 0.29) is 12.4 Å². The van der Waals surface area contributed by atoms with E-state index in [0.29, 0.717) is 11.1 Å². The predicted molar refractivity (Wildman–Crippen MR) is 98.4 cm³/mol. The van der Waals surface area contributed by atoms with E-state index in [0.717, 1.165) is 17.9 Å². The average Bonchev–Trinajstić information content (AvgIpc) is 3.24. The van der Waals surface area contributed by atoms with E-state index < -0.39 is 5.97 Å². The van der Waals surface area contributed by atoms with Crippen molar-refractivity contribution in [2.75, 3.05) is 6.61 Å². The molecule has 0 amide bonds. The first-order chi connectivity index (χ1) is 12.1. The summed E-state index contributed by atoms with van der Waals surface area (Å²) in [5.74, 6) is -0.670. The second-order valence-corrected chi connectivity index (χ2v) is 6.85. The van der Waals surface area contributed by atoms with Crippen molar-refractivity contribution in [1.82, 2.24) is 4.57 Å². The fourth-order valence-electron chi connectivity index (χ4n) is 2.73. The lowest BCUT2D eigenvalue weighted by molar-refractivity contribution is 0.0474. The van der Waals surface area contributed by atoms with E-state index in [2.05, 4.69) is 10.6 Å². The monoisotopic (exact) mass is 353 g/mol. The minimum absolute atomic E-state index is 0.207. The van der Waals surface area contributed by atoms with Gasteiger partial charge in [-0.25, -0.2) is 4.79 Å². The quantitative estimate of drug-likeness (QED) is 0.491. The highest BCUT2D eigenvalue weighted by Crippen LogP contribution is 2.20. The molecule has 5 heteroatoms. The fourth-order valence-corrected chi connectivity index (χ4v) is 3.42. The SMILES string of the molecule is Cc1cc(C(=O)OCC(=O)c2ccccc2)c(C)n1Cc1cccs1. The minimum atomic E-state index is -0.463. The molecule has 3 rings (SSSR count). The van der Waals surface area contributed by atoms with Gasteiger partial charge in [-0.15, -0.1) is 11.3 Å². The van der Waals surface area contributed by atoms with E-state index >= 15 is 0 Å². The zero-order valence-electron chi connectivity index (χ0n) is 14.2. The van der Waals surface area contributed by atoms with Gasteiger partial charge in [-0.2, -0.15) is 0 Å². The van der Waals surface area contributed by atoms with E-state index in [9.17, 15) is 9.59 Å². The minimum Gasteiger partial charge on any atom is -0.454 e. The molecule has 0 bridgehead atoms. The van der Waals surface area contributed by atoms with Crippen molar-refractivity contribution in [2.24, 2.45) is 0 Å². The Hall–Kier alpha value is -2.66. The summed E-state index contributed by atoms with van der Waals surface area (Å²) in [5.41, 5.74) is 2.89. The molecule has 25 heavy (non-hydrogen) atoms. The molecule has 0 unspecified atom stereocenters. The van der Waals surface area contributed by atoms with Gasteiger partial charge >= 0.3 is 5.97 Å². The lowest BCUT2D eigenvalue weighted by Gasteiger charge is -2.08. The van der Waals surface area contributed by atoms with E-state index in [4.69, 9.17) is 4.74 Å². The van der Waals surface area contributed by atoms with Gasteiger partial charge in [0.15, 0.2) is 12.4 Å². The molecule has 0 aliphatic heterocycles. The first-order valence-corrected chi connectivity index (χ1v) is 8.88. The predicted octanol–water partition coefficient (Wildman–Crippen LogP) is 4.25. The summed E-state index contributed by atoms with van der Waals surface area (Å²) < 4.78 is 7.31. The summed E-state index contributed by atoms with van der Waals surface area (Å²) >= 11 is 1.68. The number of nitrogens with zero attached hydrogens (tertiary/aromatic N) is 1. The van der Waals surface area contributed by atoms with Crippen LogP contribution in [0.3, 0.4) is 0 Å². The zero-order chi connectivity index (χ0) is 17.8. The highest BCUT2D eigenvalue weighted by atomic mass is 32.1. The van der Waals surface area contributed by atoms with E-state index in [1.807, 2.05) is 37.4 Å². The van der Waals surface area contributed by atoms with Crippen LogP contribution in [0.1, 0.15) is 37.0 Å². The van der Waals surface area contributed by atoms with E-state index in [1.54, 1.807) is 35.6 Å². The highest BCUT2D eigenvalue weighted by molar-refractivity contribution is 7.09. The number of carbonyl (C=O) groups is 2. The van der Waals surface area contributed by atoms with Gasteiger partial charge in [0.05, 0.1) is 12.1 Å². The van der Waals surface area contributed by atoms with Crippen LogP contribution in [0.4, 0.5) is 0 Å². The number of rotatable bonds is 6. The van der Waals surface area contributed by atoms with Gasteiger partial charge in [0.1, 0.15) is 0 Å². The molecule has 2 heterocycles. The molecule has 0 N–H and O–H groups in total. The van der Waals surface area contributed by atoms with Crippen LogP contribution in [0.25, 0.3) is 0 Å². The Labute approximate surface area is 150 Å². The maximum absolute atomic E-state index is 12.4. The maximum atomic E-state index is 12.4. The Morgan fingerprint density at radius 3 is 2.52 bits per heavy atom. The largest absolute Gasteiger partial charge is 0.454 e. The number of aromatic nitrogens is 1. The number of carbonyl (C=O) groups excluding carboxylic acids is 2. The third kappa shape index (κ3) is 3.88. The average molecular weight is 353 g/mol. The van der Waals surface area contributed by atoms with Gasteiger partial charge < -0.3 is 9.30 Å². The molecule has 1 aromatic carbocycles. The Morgan fingerprint density at radius 2 is 1.84 bits per heavy atom. The molecule has 0 saturated carbocycles. The zero-order valence-corrected chi connectivity index (χ0v) is 15.0. The number of aryl methyl sites for hydroxylation is 1. The van der Waals surface area contributed by atoms with Gasteiger partial charge in [0, 0.05) is 21.8 Å². The Morgan fingerprint density at radius 1 is 1.08 bits per heavy atom. The molecule has 0 aliphatic carbocycles. The van der Waals surface area contributed by atoms with Crippen LogP contribution in [0.2, 0.25) is 0 Å². The first-order valence-electron chi connectivity index (χ1n) is 8.00. The summed E-state index contributed by atoms with van der Waals surface area (Å²) in [6, 6.07) is 14.7. The van der Waals surface area contributed by atoms with Crippen molar-refractivity contribution in [1.29, 1.82) is 0 Å². The molecule has 0 aliphatic rings. The number of ether oxygens (including phenoxy) is 1. The highest BCUT2D eigenvalue weighted by Gasteiger charge is 2.18. The first kappa shape index (κ1) is 17.2. The molecule has 128 valence electrons. The number of Topliss-reactive ketones (excluding diaryl/α,β-unsaturated/α-hetero) is 1. The number of ketones is 1. The topological polar surface area (TPSA) is 48.3 Å². The van der Waals surface area contributed by atoms with Crippen molar-refractivity contribution in [2.45, 2.75) is 20.4 Å². The summed E-state index contributed by atoms with van der Waals surface area (Å²) in [4.78, 5) is 25.7. The Bertz CT molecular complexity index is 879. The van der Waals surface area contributed by atoms with Crippen molar-refractivity contribution in [3.05, 3.63) is 81.3 Å². The van der Waals surface area contributed by atoms with Gasteiger partial charge in [-0.3, -0.25) is 4.79 Å². The lowest BCUT2D eigenvalue weighted by atomic mass is 10.1. The van der Waals surface area contributed by atoms with Crippen molar-refractivity contribution >= 4 is 23.1 Å². The third-order valence-electron chi connectivity index (χ3n) is 4.12. The summed E-state index contributed by atoms with van der Waals surface area (Å²) in [6.45, 7) is 4.34. The van der Waals surface area contributed by atoms with Crippen LogP contribution in [0.5, 0.6) is 0 Å². The molecule has 0 saturated heterocycles. The summed E-state index contributed by atoms with van der Waals surface area (Å²) in [5, 5.41) is 2.04. The smallest absolute Gasteiger partial charge is 0.340 e.